The van der Waals surface area contributed by atoms with E-state index in [0.29, 0.717) is 36.2 Å². The average molecular weight is 293 g/mol. The first-order valence-corrected chi connectivity index (χ1v) is 6.49. The second-order valence-electron chi connectivity index (χ2n) is 4.45. The summed E-state index contributed by atoms with van der Waals surface area (Å²) in [4.78, 5) is 4.31. The van der Waals surface area contributed by atoms with Crippen LogP contribution in [-0.2, 0) is 4.74 Å². The Balaban J connectivity index is 2.24. The summed E-state index contributed by atoms with van der Waals surface area (Å²) < 4.78 is 20.6. The number of benzene rings is 1. The molecule has 1 atom stereocenters. The van der Waals surface area contributed by atoms with Crippen molar-refractivity contribution in [2.24, 2.45) is 5.73 Å². The van der Waals surface area contributed by atoms with Crippen molar-refractivity contribution in [3.05, 3.63) is 24.1 Å². The van der Waals surface area contributed by atoms with Gasteiger partial charge in [0.2, 0.25) is 11.7 Å². The Morgan fingerprint density at radius 1 is 1.14 bits per heavy atom. The van der Waals surface area contributed by atoms with Crippen LogP contribution in [0.15, 0.2) is 22.7 Å². The van der Waals surface area contributed by atoms with Crippen LogP contribution in [0.1, 0.15) is 18.4 Å². The first kappa shape index (κ1) is 15.3. The Morgan fingerprint density at radius 3 is 2.38 bits per heavy atom. The lowest BCUT2D eigenvalue weighted by atomic mass is 10.2. The van der Waals surface area contributed by atoms with E-state index >= 15 is 0 Å². The number of ether oxygens (including phenoxy) is 3. The molecule has 1 aromatic heterocycles. The first-order valence-electron chi connectivity index (χ1n) is 6.49. The van der Waals surface area contributed by atoms with Gasteiger partial charge < -0.3 is 24.5 Å². The second kappa shape index (κ2) is 7.05. The van der Waals surface area contributed by atoms with Crippen LogP contribution in [0.3, 0.4) is 0 Å². The molecule has 0 aliphatic carbocycles. The molecule has 0 radical (unpaired) electrons. The fourth-order valence-electron chi connectivity index (χ4n) is 1.81. The number of hydrogen-bond acceptors (Lipinski definition) is 7. The van der Waals surface area contributed by atoms with Crippen LogP contribution in [-0.4, -0.2) is 38.1 Å². The monoisotopic (exact) mass is 293 g/mol. The maximum absolute atomic E-state index is 5.96. The van der Waals surface area contributed by atoms with Gasteiger partial charge in [-0.1, -0.05) is 5.16 Å². The molecule has 1 unspecified atom stereocenters. The van der Waals surface area contributed by atoms with E-state index in [4.69, 9.17) is 24.5 Å². The van der Waals surface area contributed by atoms with Crippen LogP contribution in [0.25, 0.3) is 11.4 Å². The summed E-state index contributed by atoms with van der Waals surface area (Å²) in [6.45, 7) is 0.534. The van der Waals surface area contributed by atoms with Gasteiger partial charge in [0.05, 0.1) is 20.3 Å². The van der Waals surface area contributed by atoms with Crippen molar-refractivity contribution in [1.29, 1.82) is 0 Å². The normalized spacial score (nSPS) is 12.2. The molecule has 2 rings (SSSR count). The van der Waals surface area contributed by atoms with Crippen molar-refractivity contribution >= 4 is 0 Å². The highest BCUT2D eigenvalue weighted by Gasteiger charge is 2.16. The standard InChI is InChI=1S/C14H19N3O4/c1-18-5-4-12(15)14-16-13(17-21-14)9-6-10(19-2)8-11(7-9)20-3/h6-8,12H,4-5,15H2,1-3H3. The molecule has 0 saturated carbocycles. The Labute approximate surface area is 123 Å². The number of nitrogens with zero attached hydrogens (tertiary/aromatic N) is 2. The molecule has 0 saturated heterocycles. The highest BCUT2D eigenvalue weighted by molar-refractivity contribution is 5.60. The van der Waals surface area contributed by atoms with Gasteiger partial charge in [-0.15, -0.1) is 0 Å². The molecular weight excluding hydrogens is 274 g/mol. The summed E-state index contributed by atoms with van der Waals surface area (Å²) in [5, 5.41) is 3.95. The van der Waals surface area contributed by atoms with Gasteiger partial charge in [-0.2, -0.15) is 4.98 Å². The Bertz CT molecular complexity index is 563. The van der Waals surface area contributed by atoms with E-state index in [9.17, 15) is 0 Å². The van der Waals surface area contributed by atoms with Gasteiger partial charge in [-0.25, -0.2) is 0 Å². The quantitative estimate of drug-likeness (QED) is 0.831. The van der Waals surface area contributed by atoms with Crippen molar-refractivity contribution in [1.82, 2.24) is 10.1 Å². The van der Waals surface area contributed by atoms with Crippen LogP contribution >= 0.6 is 0 Å². The van der Waals surface area contributed by atoms with Crippen molar-refractivity contribution in [2.45, 2.75) is 12.5 Å². The van der Waals surface area contributed by atoms with Crippen molar-refractivity contribution < 1.29 is 18.7 Å². The number of hydrogen-bond donors (Lipinski definition) is 1. The largest absolute Gasteiger partial charge is 0.497 e. The van der Waals surface area contributed by atoms with Crippen molar-refractivity contribution in [2.75, 3.05) is 27.9 Å². The summed E-state index contributed by atoms with van der Waals surface area (Å²) in [5.41, 5.74) is 6.70. The lowest BCUT2D eigenvalue weighted by molar-refractivity contribution is 0.182. The van der Waals surface area contributed by atoms with E-state index in [1.807, 2.05) is 0 Å². The summed E-state index contributed by atoms with van der Waals surface area (Å²) in [5.74, 6) is 2.12. The fourth-order valence-corrected chi connectivity index (χ4v) is 1.81. The van der Waals surface area contributed by atoms with Crippen molar-refractivity contribution in [3.63, 3.8) is 0 Å². The van der Waals surface area contributed by atoms with Crippen LogP contribution in [0.4, 0.5) is 0 Å². The Morgan fingerprint density at radius 2 is 1.81 bits per heavy atom. The number of aromatic nitrogens is 2. The molecule has 2 N–H and O–H groups in total. The van der Waals surface area contributed by atoms with E-state index in [1.165, 1.54) is 0 Å². The molecule has 7 nitrogen and oxygen atoms in total. The molecule has 2 aromatic rings. The van der Waals surface area contributed by atoms with Crippen LogP contribution in [0, 0.1) is 0 Å². The van der Waals surface area contributed by atoms with Crippen LogP contribution < -0.4 is 15.2 Å². The van der Waals surface area contributed by atoms with Crippen LogP contribution in [0.5, 0.6) is 11.5 Å². The van der Waals surface area contributed by atoms with E-state index in [2.05, 4.69) is 10.1 Å². The van der Waals surface area contributed by atoms with Gasteiger partial charge in [-0.05, 0) is 18.6 Å². The zero-order chi connectivity index (χ0) is 15.2. The molecule has 114 valence electrons. The maximum Gasteiger partial charge on any atom is 0.243 e. The lowest BCUT2D eigenvalue weighted by Crippen LogP contribution is -2.12. The SMILES string of the molecule is COCCC(N)c1nc(-c2cc(OC)cc(OC)c2)no1. The predicted molar refractivity (Wildman–Crippen MR) is 76.3 cm³/mol. The molecule has 0 bridgehead atoms. The molecule has 0 spiro atoms. The van der Waals surface area contributed by atoms with Gasteiger partial charge in [0, 0.05) is 25.3 Å². The third kappa shape index (κ3) is 3.71. The van der Waals surface area contributed by atoms with Gasteiger partial charge in [-0.3, -0.25) is 0 Å². The van der Waals surface area contributed by atoms with Gasteiger partial charge in [0.25, 0.3) is 0 Å². The minimum atomic E-state index is -0.348. The van der Waals surface area contributed by atoms with E-state index in [-0.39, 0.29) is 6.04 Å². The highest BCUT2D eigenvalue weighted by atomic mass is 16.5. The third-order valence-electron chi connectivity index (χ3n) is 3.00. The van der Waals surface area contributed by atoms with E-state index in [1.54, 1.807) is 39.5 Å². The third-order valence-corrected chi connectivity index (χ3v) is 3.00. The summed E-state index contributed by atoms with van der Waals surface area (Å²) in [7, 11) is 4.79. The van der Waals surface area contributed by atoms with E-state index in [0.717, 1.165) is 5.56 Å². The summed E-state index contributed by atoms with van der Waals surface area (Å²) in [6, 6.07) is 5.03. The number of rotatable bonds is 7. The molecule has 21 heavy (non-hydrogen) atoms. The molecular formula is C14H19N3O4. The minimum absolute atomic E-state index is 0.348. The second-order valence-corrected chi connectivity index (χ2v) is 4.45. The molecule has 0 fully saturated rings. The molecule has 0 aliphatic heterocycles. The first-order chi connectivity index (χ1) is 10.2. The molecule has 1 heterocycles. The molecule has 1 aromatic carbocycles. The highest BCUT2D eigenvalue weighted by Crippen LogP contribution is 2.28. The zero-order valence-corrected chi connectivity index (χ0v) is 12.3. The molecule has 7 heteroatoms. The number of nitrogens with two attached hydrogens (primary N) is 1. The van der Waals surface area contributed by atoms with Gasteiger partial charge in [0.1, 0.15) is 11.5 Å². The topological polar surface area (TPSA) is 92.6 Å². The Hall–Kier alpha value is -2.12. The lowest BCUT2D eigenvalue weighted by Gasteiger charge is -2.06. The summed E-state index contributed by atoms with van der Waals surface area (Å²) >= 11 is 0. The fraction of sp³-hybridized carbons (Fsp3) is 0.429. The zero-order valence-electron chi connectivity index (χ0n) is 12.3. The van der Waals surface area contributed by atoms with Crippen molar-refractivity contribution in [3.8, 4) is 22.9 Å². The number of methoxy groups -OCH3 is 3. The molecule has 0 amide bonds. The average Bonchev–Trinajstić information content (AvgIpc) is 3.02. The minimum Gasteiger partial charge on any atom is -0.497 e. The van der Waals surface area contributed by atoms with Crippen LogP contribution in [0.2, 0.25) is 0 Å². The Kier molecular flexibility index (Phi) is 5.13. The maximum atomic E-state index is 5.96. The molecule has 0 aliphatic rings. The van der Waals surface area contributed by atoms with Gasteiger partial charge >= 0.3 is 0 Å². The van der Waals surface area contributed by atoms with Gasteiger partial charge in [0.15, 0.2) is 0 Å². The predicted octanol–water partition coefficient (Wildman–Crippen LogP) is 1.79. The van der Waals surface area contributed by atoms with E-state index < -0.39 is 0 Å². The summed E-state index contributed by atoms with van der Waals surface area (Å²) in [6.07, 6.45) is 0.611. The smallest absolute Gasteiger partial charge is 0.243 e.